The molecule has 36 heavy (non-hydrogen) atoms. The Bertz CT molecular complexity index is 1260. The molecule has 0 saturated carbocycles. The van der Waals surface area contributed by atoms with Crippen LogP contribution in [0.3, 0.4) is 0 Å². The molecule has 0 aliphatic carbocycles. The van der Waals surface area contributed by atoms with E-state index < -0.39 is 10.0 Å². The molecule has 1 N–H and O–H groups in total. The number of hydrogen-bond donors (Lipinski definition) is 1. The van der Waals surface area contributed by atoms with Gasteiger partial charge in [-0.05, 0) is 68.3 Å². The van der Waals surface area contributed by atoms with Crippen LogP contribution in [0.5, 0.6) is 5.75 Å². The summed E-state index contributed by atoms with van der Waals surface area (Å²) in [6.45, 7) is 5.97. The average molecular weight is 527 g/mol. The summed E-state index contributed by atoms with van der Waals surface area (Å²) >= 11 is 1.81. The smallest absolute Gasteiger partial charge is 0.264 e. The second-order valence-electron chi connectivity index (χ2n) is 8.74. The molecule has 0 aromatic heterocycles. The highest BCUT2D eigenvalue weighted by Crippen LogP contribution is 2.33. The van der Waals surface area contributed by atoms with Crippen LogP contribution in [0.2, 0.25) is 0 Å². The number of rotatable bonds is 12. The van der Waals surface area contributed by atoms with E-state index in [9.17, 15) is 13.2 Å². The van der Waals surface area contributed by atoms with Crippen molar-refractivity contribution < 1.29 is 17.9 Å². The maximum atomic E-state index is 13.6. The molecule has 0 aliphatic rings. The summed E-state index contributed by atoms with van der Waals surface area (Å²) in [6, 6.07) is 20.4. The first-order valence-electron chi connectivity index (χ1n) is 11.8. The van der Waals surface area contributed by atoms with E-state index in [1.54, 1.807) is 36.4 Å². The quantitative estimate of drug-likeness (QED) is 0.326. The lowest BCUT2D eigenvalue weighted by molar-refractivity contribution is -0.119. The number of thioether (sulfide) groups is 1. The molecule has 0 heterocycles. The molecule has 0 bridgehead atoms. The van der Waals surface area contributed by atoms with Crippen molar-refractivity contribution in [1.29, 1.82) is 0 Å². The SMILES string of the molecule is COc1ccc(C)cc1N(CC(=O)NCCCSCc1ccc(C)cc1)S(=O)(=O)c1ccc(C)cc1. The first-order chi connectivity index (χ1) is 17.2. The van der Waals surface area contributed by atoms with E-state index in [4.69, 9.17) is 4.74 Å². The summed E-state index contributed by atoms with van der Waals surface area (Å²) in [5.41, 5.74) is 4.67. The molecule has 3 aromatic rings. The molecule has 192 valence electrons. The lowest BCUT2D eigenvalue weighted by Gasteiger charge is -2.26. The van der Waals surface area contributed by atoms with Gasteiger partial charge in [0, 0.05) is 12.3 Å². The molecule has 8 heteroatoms. The monoisotopic (exact) mass is 526 g/mol. The second kappa shape index (κ2) is 12.8. The fourth-order valence-corrected chi connectivity index (χ4v) is 5.94. The lowest BCUT2D eigenvalue weighted by atomic mass is 10.2. The zero-order valence-corrected chi connectivity index (χ0v) is 22.9. The van der Waals surface area contributed by atoms with Gasteiger partial charge in [-0.3, -0.25) is 9.10 Å². The largest absolute Gasteiger partial charge is 0.495 e. The van der Waals surface area contributed by atoms with Crippen molar-refractivity contribution >= 4 is 33.4 Å². The molecule has 3 aromatic carbocycles. The first kappa shape index (κ1) is 27.6. The third kappa shape index (κ3) is 7.51. The molecule has 0 fully saturated rings. The van der Waals surface area contributed by atoms with Crippen LogP contribution in [0.15, 0.2) is 71.6 Å². The standard InChI is InChI=1S/C28H34N2O4S2/c1-21-6-11-24(12-7-21)20-35-17-5-16-29-28(31)19-30(26-18-23(3)10-15-27(26)34-4)36(32,33)25-13-8-22(2)9-14-25/h6-15,18H,5,16-17,19-20H2,1-4H3,(H,29,31). The maximum absolute atomic E-state index is 13.6. The van der Waals surface area contributed by atoms with Crippen molar-refractivity contribution in [2.75, 3.05) is 30.3 Å². The highest BCUT2D eigenvalue weighted by Gasteiger charge is 2.29. The molecule has 0 unspecified atom stereocenters. The van der Waals surface area contributed by atoms with Crippen LogP contribution < -0.4 is 14.4 Å². The minimum atomic E-state index is -4.00. The minimum Gasteiger partial charge on any atom is -0.495 e. The second-order valence-corrected chi connectivity index (χ2v) is 11.7. The summed E-state index contributed by atoms with van der Waals surface area (Å²) < 4.78 is 33.8. The average Bonchev–Trinajstić information content (AvgIpc) is 2.86. The molecule has 0 radical (unpaired) electrons. The summed E-state index contributed by atoms with van der Waals surface area (Å²) in [6.07, 6.45) is 0.792. The number of benzene rings is 3. The number of sulfonamides is 1. The van der Waals surface area contributed by atoms with Crippen LogP contribution in [0.1, 0.15) is 28.7 Å². The number of aryl methyl sites for hydroxylation is 3. The number of nitrogens with zero attached hydrogens (tertiary/aromatic N) is 1. The van der Waals surface area contributed by atoms with Crippen LogP contribution in [0, 0.1) is 20.8 Å². The fraction of sp³-hybridized carbons (Fsp3) is 0.321. The van der Waals surface area contributed by atoms with Gasteiger partial charge in [-0.1, -0.05) is 53.6 Å². The Labute approximate surface area is 219 Å². The summed E-state index contributed by atoms with van der Waals surface area (Å²) in [5.74, 6) is 1.84. The van der Waals surface area contributed by atoms with Gasteiger partial charge in [0.05, 0.1) is 17.7 Å². The van der Waals surface area contributed by atoms with Crippen LogP contribution in [-0.2, 0) is 20.6 Å². The number of anilines is 1. The number of hydrogen-bond acceptors (Lipinski definition) is 5. The third-order valence-corrected chi connectivity index (χ3v) is 8.56. The van der Waals surface area contributed by atoms with Crippen molar-refractivity contribution in [3.8, 4) is 5.75 Å². The number of amides is 1. The normalized spacial score (nSPS) is 11.2. The van der Waals surface area contributed by atoms with E-state index in [1.165, 1.54) is 18.2 Å². The Balaban J connectivity index is 1.66. The van der Waals surface area contributed by atoms with Gasteiger partial charge in [0.25, 0.3) is 10.0 Å². The third-order valence-electron chi connectivity index (χ3n) is 5.68. The molecule has 3 rings (SSSR count). The summed E-state index contributed by atoms with van der Waals surface area (Å²) in [7, 11) is -2.51. The first-order valence-corrected chi connectivity index (χ1v) is 14.4. The Kier molecular flexibility index (Phi) is 9.84. The van der Waals surface area contributed by atoms with E-state index in [2.05, 4.69) is 36.5 Å². The van der Waals surface area contributed by atoms with E-state index in [0.29, 0.717) is 18.0 Å². The van der Waals surface area contributed by atoms with Crippen molar-refractivity contribution in [3.63, 3.8) is 0 Å². The zero-order valence-electron chi connectivity index (χ0n) is 21.3. The van der Waals surface area contributed by atoms with Gasteiger partial charge in [-0.2, -0.15) is 11.8 Å². The predicted octanol–water partition coefficient (Wildman–Crippen LogP) is 5.26. The van der Waals surface area contributed by atoms with Crippen LogP contribution in [0.25, 0.3) is 0 Å². The molecule has 6 nitrogen and oxygen atoms in total. The van der Waals surface area contributed by atoms with E-state index in [0.717, 1.165) is 33.4 Å². The number of nitrogens with one attached hydrogen (secondary N) is 1. The Morgan fingerprint density at radius 2 is 1.53 bits per heavy atom. The van der Waals surface area contributed by atoms with Gasteiger partial charge in [-0.15, -0.1) is 0 Å². The molecular formula is C28H34N2O4S2. The van der Waals surface area contributed by atoms with Gasteiger partial charge < -0.3 is 10.1 Å². The molecule has 0 aliphatic heterocycles. The van der Waals surface area contributed by atoms with Crippen molar-refractivity contribution in [3.05, 3.63) is 89.0 Å². The van der Waals surface area contributed by atoms with Crippen LogP contribution in [0.4, 0.5) is 5.69 Å². The lowest BCUT2D eigenvalue weighted by Crippen LogP contribution is -2.41. The summed E-state index contributed by atoms with van der Waals surface area (Å²) in [4.78, 5) is 13.0. The molecule has 0 saturated heterocycles. The number of carbonyl (C=O) groups excluding carboxylic acids is 1. The van der Waals surface area contributed by atoms with E-state index >= 15 is 0 Å². The molecular weight excluding hydrogens is 492 g/mol. The number of ether oxygens (including phenoxy) is 1. The van der Waals surface area contributed by atoms with E-state index in [1.807, 2.05) is 31.7 Å². The van der Waals surface area contributed by atoms with Crippen LogP contribution in [-0.4, -0.2) is 40.3 Å². The Hall–Kier alpha value is -2.97. The van der Waals surface area contributed by atoms with Gasteiger partial charge in [0.2, 0.25) is 5.91 Å². The maximum Gasteiger partial charge on any atom is 0.264 e. The van der Waals surface area contributed by atoms with Crippen molar-refractivity contribution in [2.45, 2.75) is 37.8 Å². The van der Waals surface area contributed by atoms with Crippen molar-refractivity contribution in [1.82, 2.24) is 5.32 Å². The molecule has 0 spiro atoms. The fourth-order valence-electron chi connectivity index (χ4n) is 3.59. The summed E-state index contributed by atoms with van der Waals surface area (Å²) in [5, 5.41) is 2.87. The van der Waals surface area contributed by atoms with Crippen molar-refractivity contribution in [2.24, 2.45) is 0 Å². The Morgan fingerprint density at radius 1 is 0.917 bits per heavy atom. The van der Waals surface area contributed by atoms with Gasteiger partial charge in [-0.25, -0.2) is 8.42 Å². The predicted molar refractivity (Wildman–Crippen MR) is 148 cm³/mol. The zero-order chi connectivity index (χ0) is 26.1. The number of carbonyl (C=O) groups is 1. The molecule has 0 atom stereocenters. The topological polar surface area (TPSA) is 75.7 Å². The Morgan fingerprint density at radius 3 is 2.17 bits per heavy atom. The minimum absolute atomic E-state index is 0.122. The van der Waals surface area contributed by atoms with E-state index in [-0.39, 0.29) is 17.3 Å². The highest BCUT2D eigenvalue weighted by molar-refractivity contribution is 7.98. The highest BCUT2D eigenvalue weighted by atomic mass is 32.2. The van der Waals surface area contributed by atoms with Gasteiger partial charge in [0.15, 0.2) is 0 Å². The van der Waals surface area contributed by atoms with Gasteiger partial charge in [0.1, 0.15) is 12.3 Å². The van der Waals surface area contributed by atoms with Gasteiger partial charge >= 0.3 is 0 Å². The molecule has 1 amide bonds. The van der Waals surface area contributed by atoms with Crippen LogP contribution >= 0.6 is 11.8 Å². The number of methoxy groups -OCH3 is 1.